The number of carbonyl (C=O) groups is 1. The molecule has 1 N–H and O–H groups in total. The van der Waals surface area contributed by atoms with E-state index in [1.165, 1.54) is 12.4 Å². The summed E-state index contributed by atoms with van der Waals surface area (Å²) in [6.45, 7) is 0. The highest BCUT2D eigenvalue weighted by molar-refractivity contribution is 9.11. The predicted octanol–water partition coefficient (Wildman–Crippen LogP) is 4.51. The molecule has 0 fully saturated rings. The molecule has 0 saturated heterocycles. The fraction of sp³-hybridized carbons (Fsp3) is 0. The topological polar surface area (TPSA) is 42.0 Å². The average molecular weight is 390 g/mol. The van der Waals surface area contributed by atoms with Crippen molar-refractivity contribution in [3.8, 4) is 0 Å². The maximum atomic E-state index is 12.1. The summed E-state index contributed by atoms with van der Waals surface area (Å²) < 4.78 is 1.57. The maximum absolute atomic E-state index is 12.1. The molecule has 2 rings (SSSR count). The lowest BCUT2D eigenvalue weighted by Crippen LogP contribution is -2.13. The molecule has 0 aliphatic rings. The van der Waals surface area contributed by atoms with Gasteiger partial charge in [0.05, 0.1) is 16.3 Å². The summed E-state index contributed by atoms with van der Waals surface area (Å²) >= 11 is 12.7. The van der Waals surface area contributed by atoms with Crippen LogP contribution in [0.4, 0.5) is 5.69 Å². The Hall–Kier alpha value is -0.910. The van der Waals surface area contributed by atoms with E-state index >= 15 is 0 Å². The standard InChI is InChI=1S/C12H7Br2ClN2O/c13-8-2-1-3-9(14)11(8)17-12(18)7-6-16-5-4-10(7)15/h1-6H,(H,17,18). The van der Waals surface area contributed by atoms with Crippen LogP contribution < -0.4 is 5.32 Å². The summed E-state index contributed by atoms with van der Waals surface area (Å²) in [6.07, 6.45) is 2.97. The highest BCUT2D eigenvalue weighted by Crippen LogP contribution is 2.31. The molecule has 1 heterocycles. The lowest BCUT2D eigenvalue weighted by molar-refractivity contribution is 0.102. The second-order valence-corrected chi connectivity index (χ2v) is 5.52. The number of aromatic nitrogens is 1. The molecule has 18 heavy (non-hydrogen) atoms. The largest absolute Gasteiger partial charge is 0.320 e. The lowest BCUT2D eigenvalue weighted by atomic mass is 10.2. The van der Waals surface area contributed by atoms with Crippen molar-refractivity contribution in [1.29, 1.82) is 0 Å². The minimum atomic E-state index is -0.305. The molecular weight excluding hydrogens is 383 g/mol. The third-order valence-electron chi connectivity index (χ3n) is 2.21. The van der Waals surface area contributed by atoms with Crippen LogP contribution in [-0.4, -0.2) is 10.9 Å². The van der Waals surface area contributed by atoms with E-state index in [0.717, 1.165) is 8.95 Å². The van der Waals surface area contributed by atoms with Gasteiger partial charge >= 0.3 is 0 Å². The number of halogens is 3. The Balaban J connectivity index is 2.30. The molecule has 0 saturated carbocycles. The van der Waals surface area contributed by atoms with Crippen molar-refractivity contribution in [3.63, 3.8) is 0 Å². The molecule has 0 aliphatic carbocycles. The molecule has 1 amide bonds. The molecule has 0 atom stereocenters. The number of amides is 1. The number of anilines is 1. The summed E-state index contributed by atoms with van der Waals surface area (Å²) in [4.78, 5) is 15.9. The number of nitrogens with zero attached hydrogens (tertiary/aromatic N) is 1. The third kappa shape index (κ3) is 2.91. The van der Waals surface area contributed by atoms with Crippen LogP contribution in [0.3, 0.4) is 0 Å². The van der Waals surface area contributed by atoms with E-state index in [1.54, 1.807) is 6.07 Å². The number of benzene rings is 1. The molecular formula is C12H7Br2ClN2O. The minimum Gasteiger partial charge on any atom is -0.320 e. The molecule has 2 aromatic rings. The normalized spacial score (nSPS) is 10.2. The Morgan fingerprint density at radius 1 is 1.22 bits per heavy atom. The third-order valence-corrected chi connectivity index (χ3v) is 3.87. The molecule has 0 unspecified atom stereocenters. The molecule has 6 heteroatoms. The van der Waals surface area contributed by atoms with Crippen LogP contribution in [0.25, 0.3) is 0 Å². The summed E-state index contributed by atoms with van der Waals surface area (Å²) in [7, 11) is 0. The molecule has 1 aromatic heterocycles. The van der Waals surface area contributed by atoms with Crippen LogP contribution in [0.5, 0.6) is 0 Å². The smallest absolute Gasteiger partial charge is 0.258 e. The van der Waals surface area contributed by atoms with Gasteiger partial charge in [0.2, 0.25) is 0 Å². The Morgan fingerprint density at radius 2 is 1.89 bits per heavy atom. The van der Waals surface area contributed by atoms with Gasteiger partial charge in [-0.2, -0.15) is 0 Å². The first-order valence-corrected chi connectivity index (χ1v) is 6.91. The number of hydrogen-bond acceptors (Lipinski definition) is 2. The van der Waals surface area contributed by atoms with Crippen LogP contribution >= 0.6 is 43.5 Å². The molecule has 0 radical (unpaired) electrons. The summed E-state index contributed by atoms with van der Waals surface area (Å²) in [5, 5.41) is 3.14. The Labute approximate surface area is 126 Å². The zero-order valence-electron chi connectivity index (χ0n) is 8.95. The van der Waals surface area contributed by atoms with Gasteiger partial charge in [-0.15, -0.1) is 0 Å². The molecule has 0 aliphatic heterocycles. The van der Waals surface area contributed by atoms with Gasteiger partial charge in [-0.05, 0) is 50.1 Å². The number of hydrogen-bond donors (Lipinski definition) is 1. The highest BCUT2D eigenvalue weighted by atomic mass is 79.9. The van der Waals surface area contributed by atoms with Crippen molar-refractivity contribution in [2.75, 3.05) is 5.32 Å². The van der Waals surface area contributed by atoms with E-state index in [-0.39, 0.29) is 5.91 Å². The number of nitrogens with one attached hydrogen (secondary N) is 1. The Bertz CT molecular complexity index is 584. The zero-order valence-corrected chi connectivity index (χ0v) is 12.9. The molecule has 0 spiro atoms. The second kappa shape index (κ2) is 5.82. The maximum Gasteiger partial charge on any atom is 0.258 e. The van der Waals surface area contributed by atoms with E-state index in [9.17, 15) is 4.79 Å². The first-order chi connectivity index (χ1) is 8.59. The minimum absolute atomic E-state index is 0.305. The van der Waals surface area contributed by atoms with Gasteiger partial charge in [0, 0.05) is 21.3 Å². The lowest BCUT2D eigenvalue weighted by Gasteiger charge is -2.09. The quantitative estimate of drug-likeness (QED) is 0.820. The van der Waals surface area contributed by atoms with Gasteiger partial charge in [-0.25, -0.2) is 0 Å². The number of carbonyl (C=O) groups excluding carboxylic acids is 1. The van der Waals surface area contributed by atoms with Crippen LogP contribution in [0.1, 0.15) is 10.4 Å². The van der Waals surface area contributed by atoms with Gasteiger partial charge in [-0.3, -0.25) is 9.78 Å². The van der Waals surface area contributed by atoms with Crippen LogP contribution in [0.2, 0.25) is 5.02 Å². The Morgan fingerprint density at radius 3 is 2.50 bits per heavy atom. The van der Waals surface area contributed by atoms with Crippen LogP contribution in [-0.2, 0) is 0 Å². The summed E-state index contributed by atoms with van der Waals surface area (Å²) in [5.41, 5.74) is 0.990. The Kier molecular flexibility index (Phi) is 4.37. The van der Waals surface area contributed by atoms with Crippen molar-refractivity contribution in [1.82, 2.24) is 4.98 Å². The van der Waals surface area contributed by atoms with Crippen molar-refractivity contribution in [2.45, 2.75) is 0 Å². The number of pyridine rings is 1. The van der Waals surface area contributed by atoms with E-state index in [0.29, 0.717) is 16.3 Å². The monoisotopic (exact) mass is 388 g/mol. The van der Waals surface area contributed by atoms with Gasteiger partial charge in [-0.1, -0.05) is 17.7 Å². The molecule has 3 nitrogen and oxygen atoms in total. The first kappa shape index (κ1) is 13.5. The van der Waals surface area contributed by atoms with E-state index in [4.69, 9.17) is 11.6 Å². The van der Waals surface area contributed by atoms with Crippen LogP contribution in [0, 0.1) is 0 Å². The van der Waals surface area contributed by atoms with Gasteiger partial charge in [0.1, 0.15) is 0 Å². The van der Waals surface area contributed by atoms with Gasteiger partial charge in [0.25, 0.3) is 5.91 Å². The number of para-hydroxylation sites is 1. The highest BCUT2D eigenvalue weighted by Gasteiger charge is 2.13. The van der Waals surface area contributed by atoms with Gasteiger partial charge < -0.3 is 5.32 Å². The van der Waals surface area contributed by atoms with Crippen molar-refractivity contribution in [2.24, 2.45) is 0 Å². The summed E-state index contributed by atoms with van der Waals surface area (Å²) in [6, 6.07) is 7.11. The van der Waals surface area contributed by atoms with Crippen molar-refractivity contribution < 1.29 is 4.79 Å². The van der Waals surface area contributed by atoms with Crippen molar-refractivity contribution in [3.05, 3.63) is 56.2 Å². The van der Waals surface area contributed by atoms with E-state index in [1.807, 2.05) is 18.2 Å². The molecule has 0 bridgehead atoms. The zero-order chi connectivity index (χ0) is 13.1. The molecule has 1 aromatic carbocycles. The average Bonchev–Trinajstić information content (AvgIpc) is 2.34. The summed E-state index contributed by atoms with van der Waals surface area (Å²) in [5.74, 6) is -0.305. The SMILES string of the molecule is O=C(Nc1c(Br)cccc1Br)c1cnccc1Cl. The fourth-order valence-corrected chi connectivity index (χ4v) is 2.73. The van der Waals surface area contributed by atoms with E-state index in [2.05, 4.69) is 42.2 Å². The van der Waals surface area contributed by atoms with Gasteiger partial charge in [0.15, 0.2) is 0 Å². The molecule has 92 valence electrons. The number of rotatable bonds is 2. The first-order valence-electron chi connectivity index (χ1n) is 4.94. The van der Waals surface area contributed by atoms with Crippen LogP contribution in [0.15, 0.2) is 45.6 Å². The fourth-order valence-electron chi connectivity index (χ4n) is 1.34. The van der Waals surface area contributed by atoms with E-state index < -0.39 is 0 Å². The van der Waals surface area contributed by atoms with Crippen molar-refractivity contribution >= 4 is 55.1 Å². The second-order valence-electron chi connectivity index (χ2n) is 3.41. The predicted molar refractivity (Wildman–Crippen MR) is 79.0 cm³/mol.